The lowest BCUT2D eigenvalue weighted by atomic mass is 10.2. The molecule has 0 spiro atoms. The Morgan fingerprint density at radius 3 is 2.60 bits per heavy atom. The van der Waals surface area contributed by atoms with Gasteiger partial charge in [0, 0.05) is 11.8 Å². The highest BCUT2D eigenvalue weighted by atomic mass is 16.6. The van der Waals surface area contributed by atoms with Gasteiger partial charge in [-0.15, -0.1) is 0 Å². The lowest BCUT2D eigenvalue weighted by Gasteiger charge is -2.06. The molecule has 0 aliphatic rings. The number of benzene rings is 1. The molecule has 102 valence electrons. The Hall–Kier alpha value is -2.76. The fourth-order valence-corrected chi connectivity index (χ4v) is 1.88. The Morgan fingerprint density at radius 1 is 1.25 bits per heavy atom. The molecule has 0 aliphatic heterocycles. The SMILES string of the molecule is Cc1cc(C)nc(C(=O)Nc2ccccc2[N+](=O)[O-])c1. The maximum absolute atomic E-state index is 12.1. The van der Waals surface area contributed by atoms with Crippen LogP contribution in [0.4, 0.5) is 11.4 Å². The number of nitro benzene ring substituents is 1. The Labute approximate surface area is 115 Å². The summed E-state index contributed by atoms with van der Waals surface area (Å²) in [4.78, 5) is 26.6. The van der Waals surface area contributed by atoms with E-state index < -0.39 is 10.8 Å². The second kappa shape index (κ2) is 5.48. The molecule has 0 fully saturated rings. The van der Waals surface area contributed by atoms with Crippen molar-refractivity contribution >= 4 is 17.3 Å². The van der Waals surface area contributed by atoms with Gasteiger partial charge in [0.1, 0.15) is 11.4 Å². The van der Waals surface area contributed by atoms with E-state index in [2.05, 4.69) is 10.3 Å². The third-order valence-corrected chi connectivity index (χ3v) is 2.68. The summed E-state index contributed by atoms with van der Waals surface area (Å²) in [6.07, 6.45) is 0. The van der Waals surface area contributed by atoms with E-state index in [1.807, 2.05) is 13.0 Å². The van der Waals surface area contributed by atoms with Gasteiger partial charge in [-0.1, -0.05) is 12.1 Å². The maximum atomic E-state index is 12.1. The molecule has 0 saturated heterocycles. The van der Waals surface area contributed by atoms with E-state index >= 15 is 0 Å². The molecule has 0 unspecified atom stereocenters. The van der Waals surface area contributed by atoms with Crippen LogP contribution in [0.2, 0.25) is 0 Å². The van der Waals surface area contributed by atoms with Gasteiger partial charge in [-0.3, -0.25) is 14.9 Å². The van der Waals surface area contributed by atoms with Crippen molar-refractivity contribution < 1.29 is 9.72 Å². The van der Waals surface area contributed by atoms with Crippen LogP contribution in [0, 0.1) is 24.0 Å². The Bertz CT molecular complexity index is 663. The lowest BCUT2D eigenvalue weighted by molar-refractivity contribution is -0.383. The molecule has 2 rings (SSSR count). The molecule has 1 aromatic heterocycles. The van der Waals surface area contributed by atoms with Crippen LogP contribution in [-0.2, 0) is 0 Å². The average Bonchev–Trinajstić information content (AvgIpc) is 2.37. The zero-order chi connectivity index (χ0) is 14.7. The monoisotopic (exact) mass is 271 g/mol. The van der Waals surface area contributed by atoms with E-state index in [4.69, 9.17) is 0 Å². The van der Waals surface area contributed by atoms with Crippen LogP contribution in [0.3, 0.4) is 0 Å². The summed E-state index contributed by atoms with van der Waals surface area (Å²) >= 11 is 0. The summed E-state index contributed by atoms with van der Waals surface area (Å²) in [6.45, 7) is 3.64. The predicted octanol–water partition coefficient (Wildman–Crippen LogP) is 2.86. The van der Waals surface area contributed by atoms with Gasteiger partial charge in [-0.05, 0) is 37.6 Å². The molecule has 0 radical (unpaired) electrons. The van der Waals surface area contributed by atoms with Crippen LogP contribution >= 0.6 is 0 Å². The average molecular weight is 271 g/mol. The highest BCUT2D eigenvalue weighted by Gasteiger charge is 2.16. The van der Waals surface area contributed by atoms with Gasteiger partial charge in [0.15, 0.2) is 0 Å². The molecule has 1 heterocycles. The number of aromatic nitrogens is 1. The summed E-state index contributed by atoms with van der Waals surface area (Å²) in [7, 11) is 0. The fraction of sp³-hybridized carbons (Fsp3) is 0.143. The van der Waals surface area contributed by atoms with Gasteiger partial charge in [0.05, 0.1) is 4.92 Å². The van der Waals surface area contributed by atoms with E-state index in [-0.39, 0.29) is 17.1 Å². The topological polar surface area (TPSA) is 85.1 Å². The van der Waals surface area contributed by atoms with E-state index in [9.17, 15) is 14.9 Å². The summed E-state index contributed by atoms with van der Waals surface area (Å²) in [5, 5.41) is 13.4. The predicted molar refractivity (Wildman–Crippen MR) is 74.8 cm³/mol. The number of rotatable bonds is 3. The number of pyridine rings is 1. The molecule has 1 amide bonds. The first-order valence-electron chi connectivity index (χ1n) is 5.97. The number of nitro groups is 1. The number of aryl methyl sites for hydroxylation is 2. The molecule has 0 aliphatic carbocycles. The zero-order valence-electron chi connectivity index (χ0n) is 11.1. The van der Waals surface area contributed by atoms with Gasteiger partial charge >= 0.3 is 0 Å². The number of anilines is 1. The molecule has 0 atom stereocenters. The zero-order valence-corrected chi connectivity index (χ0v) is 11.1. The molecule has 6 nitrogen and oxygen atoms in total. The number of carbonyl (C=O) groups excluding carboxylic acids is 1. The number of hydrogen-bond donors (Lipinski definition) is 1. The first-order valence-corrected chi connectivity index (χ1v) is 5.97. The smallest absolute Gasteiger partial charge is 0.292 e. The van der Waals surface area contributed by atoms with E-state index in [1.54, 1.807) is 25.1 Å². The van der Waals surface area contributed by atoms with Crippen molar-refractivity contribution in [3.63, 3.8) is 0 Å². The first-order chi connectivity index (χ1) is 9.47. The van der Waals surface area contributed by atoms with Gasteiger partial charge in [-0.2, -0.15) is 0 Å². The third kappa shape index (κ3) is 2.97. The molecule has 1 N–H and O–H groups in total. The summed E-state index contributed by atoms with van der Waals surface area (Å²) in [5.74, 6) is -0.467. The highest BCUT2D eigenvalue weighted by molar-refractivity contribution is 6.04. The van der Waals surface area contributed by atoms with Crippen LogP contribution in [-0.4, -0.2) is 15.8 Å². The Balaban J connectivity index is 2.30. The molecule has 2 aromatic rings. The minimum atomic E-state index is -0.537. The van der Waals surface area contributed by atoms with Crippen LogP contribution in [0.1, 0.15) is 21.7 Å². The minimum Gasteiger partial charge on any atom is -0.315 e. The number of amides is 1. The third-order valence-electron chi connectivity index (χ3n) is 2.68. The van der Waals surface area contributed by atoms with Gasteiger partial charge in [0.2, 0.25) is 0 Å². The largest absolute Gasteiger partial charge is 0.315 e. The summed E-state index contributed by atoms with van der Waals surface area (Å²) in [5.41, 5.74) is 1.87. The van der Waals surface area contributed by atoms with Crippen molar-refractivity contribution in [2.24, 2.45) is 0 Å². The second-order valence-corrected chi connectivity index (χ2v) is 4.40. The number of para-hydroxylation sites is 2. The molecule has 20 heavy (non-hydrogen) atoms. The molecule has 1 aromatic carbocycles. The van der Waals surface area contributed by atoms with Crippen molar-refractivity contribution in [3.8, 4) is 0 Å². The van der Waals surface area contributed by atoms with Crippen molar-refractivity contribution in [2.75, 3.05) is 5.32 Å². The lowest BCUT2D eigenvalue weighted by Crippen LogP contribution is -2.15. The molecule has 0 bridgehead atoms. The van der Waals surface area contributed by atoms with Crippen LogP contribution < -0.4 is 5.32 Å². The number of nitrogens with one attached hydrogen (secondary N) is 1. The van der Waals surface area contributed by atoms with Crippen molar-refractivity contribution in [3.05, 3.63) is 63.5 Å². The van der Waals surface area contributed by atoms with E-state index in [0.29, 0.717) is 0 Å². The van der Waals surface area contributed by atoms with Gasteiger partial charge in [0.25, 0.3) is 11.6 Å². The number of hydrogen-bond acceptors (Lipinski definition) is 4. The maximum Gasteiger partial charge on any atom is 0.292 e. The van der Waals surface area contributed by atoms with Gasteiger partial charge < -0.3 is 5.32 Å². The van der Waals surface area contributed by atoms with Crippen LogP contribution in [0.5, 0.6) is 0 Å². The fourth-order valence-electron chi connectivity index (χ4n) is 1.88. The number of nitrogens with zero attached hydrogens (tertiary/aromatic N) is 2. The van der Waals surface area contributed by atoms with Crippen molar-refractivity contribution in [2.45, 2.75) is 13.8 Å². The summed E-state index contributed by atoms with van der Waals surface area (Å²) in [6, 6.07) is 9.47. The standard InChI is InChI=1S/C14H13N3O3/c1-9-7-10(2)15-12(8-9)14(18)16-11-5-3-4-6-13(11)17(19)20/h3-8H,1-2H3,(H,16,18). The minimum absolute atomic E-state index is 0.148. The molecular formula is C14H13N3O3. The van der Waals surface area contributed by atoms with Crippen LogP contribution in [0.15, 0.2) is 36.4 Å². The van der Waals surface area contributed by atoms with E-state index in [0.717, 1.165) is 11.3 Å². The van der Waals surface area contributed by atoms with E-state index in [1.165, 1.54) is 12.1 Å². The Morgan fingerprint density at radius 2 is 1.95 bits per heavy atom. The second-order valence-electron chi connectivity index (χ2n) is 4.40. The number of carbonyl (C=O) groups is 1. The van der Waals surface area contributed by atoms with Gasteiger partial charge in [-0.25, -0.2) is 4.98 Å². The normalized spacial score (nSPS) is 10.1. The molecular weight excluding hydrogens is 258 g/mol. The quantitative estimate of drug-likeness (QED) is 0.687. The summed E-state index contributed by atoms with van der Waals surface area (Å²) < 4.78 is 0. The Kier molecular flexibility index (Phi) is 3.74. The van der Waals surface area contributed by atoms with Crippen molar-refractivity contribution in [1.29, 1.82) is 0 Å². The first kappa shape index (κ1) is 13.7. The molecule has 6 heteroatoms. The van der Waals surface area contributed by atoms with Crippen molar-refractivity contribution in [1.82, 2.24) is 4.98 Å². The molecule has 0 saturated carbocycles. The van der Waals surface area contributed by atoms with Crippen LogP contribution in [0.25, 0.3) is 0 Å². The highest BCUT2D eigenvalue weighted by Crippen LogP contribution is 2.23.